The highest BCUT2D eigenvalue weighted by atomic mass is 16.7. The molecule has 0 aliphatic carbocycles. The summed E-state index contributed by atoms with van der Waals surface area (Å²) in [6.45, 7) is 4.68. The van der Waals surface area contributed by atoms with E-state index in [4.69, 9.17) is 18.9 Å². The van der Waals surface area contributed by atoms with Crippen LogP contribution >= 0.6 is 0 Å². The number of carbonyl (C=O) groups is 3. The number of rotatable bonds is 46. The third-order valence-corrected chi connectivity index (χ3v) is 10.7. The lowest BCUT2D eigenvalue weighted by Gasteiger charge is -2.26. The van der Waals surface area contributed by atoms with Crippen molar-refractivity contribution in [2.24, 2.45) is 0 Å². The fraction of sp³-hybridized carbons (Fsp3) is 0.759. The van der Waals surface area contributed by atoms with Gasteiger partial charge < -0.3 is 33.3 Å². The molecule has 0 amide bonds. The molecular weight excluding hydrogens is 791 g/mol. The zero-order valence-corrected chi connectivity index (χ0v) is 41.2. The second-order valence-electron chi connectivity index (χ2n) is 18.1. The molecule has 0 rings (SSSR count). The fourth-order valence-corrected chi connectivity index (χ4v) is 6.75. The van der Waals surface area contributed by atoms with Crippen LogP contribution in [0.2, 0.25) is 0 Å². The van der Waals surface area contributed by atoms with E-state index in [0.717, 1.165) is 83.5 Å². The highest BCUT2D eigenvalue weighted by Crippen LogP contribution is 2.14. The Morgan fingerprint density at radius 3 is 1.30 bits per heavy atom. The fourth-order valence-electron chi connectivity index (χ4n) is 6.75. The minimum atomic E-state index is -1.63. The van der Waals surface area contributed by atoms with Crippen molar-refractivity contribution in [1.29, 1.82) is 0 Å². The van der Waals surface area contributed by atoms with Crippen molar-refractivity contribution in [3.63, 3.8) is 0 Å². The van der Waals surface area contributed by atoms with E-state index < -0.39 is 24.3 Å². The first-order valence-electron chi connectivity index (χ1n) is 25.4. The molecule has 0 aromatic rings. The van der Waals surface area contributed by atoms with Gasteiger partial charge in [0.25, 0.3) is 0 Å². The van der Waals surface area contributed by atoms with Crippen LogP contribution in [0.25, 0.3) is 0 Å². The molecule has 0 fully saturated rings. The van der Waals surface area contributed by atoms with E-state index in [-0.39, 0.29) is 38.6 Å². The molecule has 364 valence electrons. The highest BCUT2D eigenvalue weighted by molar-refractivity contribution is 5.70. The molecule has 2 atom stereocenters. The van der Waals surface area contributed by atoms with Crippen molar-refractivity contribution in [3.05, 3.63) is 60.8 Å². The first-order chi connectivity index (χ1) is 30.6. The summed E-state index contributed by atoms with van der Waals surface area (Å²) in [5.41, 5.74) is 0. The molecule has 0 aliphatic rings. The molecule has 0 radical (unpaired) electrons. The molecule has 0 heterocycles. The first-order valence-corrected chi connectivity index (χ1v) is 25.4. The lowest BCUT2D eigenvalue weighted by molar-refractivity contribution is -0.870. The predicted octanol–water partition coefficient (Wildman–Crippen LogP) is 12.8. The first kappa shape index (κ1) is 60.0. The molecule has 0 spiro atoms. The number of nitrogens with zero attached hydrogens (tertiary/aromatic N) is 1. The van der Waals surface area contributed by atoms with Crippen LogP contribution in [0.4, 0.5) is 0 Å². The van der Waals surface area contributed by atoms with Gasteiger partial charge in [0.1, 0.15) is 13.2 Å². The molecule has 0 aliphatic heterocycles. The maximum absolute atomic E-state index is 12.8. The van der Waals surface area contributed by atoms with E-state index in [0.29, 0.717) is 17.4 Å². The smallest absolute Gasteiger partial charge is 0.306 e. The number of esters is 2. The molecule has 9 heteroatoms. The summed E-state index contributed by atoms with van der Waals surface area (Å²) in [6.07, 6.45) is 52.5. The van der Waals surface area contributed by atoms with E-state index in [1.54, 1.807) is 0 Å². The Hall–Kier alpha value is -3.01. The van der Waals surface area contributed by atoms with Gasteiger partial charge in [0.05, 0.1) is 40.3 Å². The monoisotopic (exact) mass is 886 g/mol. The molecule has 63 heavy (non-hydrogen) atoms. The summed E-state index contributed by atoms with van der Waals surface area (Å²) in [5, 5.41) is 11.7. The third-order valence-electron chi connectivity index (χ3n) is 10.7. The van der Waals surface area contributed by atoms with Crippen molar-refractivity contribution >= 4 is 17.9 Å². The maximum Gasteiger partial charge on any atom is 0.306 e. The number of hydrogen-bond donors (Lipinski definition) is 0. The van der Waals surface area contributed by atoms with E-state index >= 15 is 0 Å². The number of carboxylic acids is 1. The van der Waals surface area contributed by atoms with Crippen LogP contribution < -0.4 is 5.11 Å². The Morgan fingerprint density at radius 1 is 0.476 bits per heavy atom. The van der Waals surface area contributed by atoms with Crippen molar-refractivity contribution in [1.82, 2.24) is 0 Å². The molecule has 0 aromatic carbocycles. The van der Waals surface area contributed by atoms with E-state index in [2.05, 4.69) is 74.6 Å². The zero-order chi connectivity index (χ0) is 46.3. The van der Waals surface area contributed by atoms with Crippen LogP contribution in [0.3, 0.4) is 0 Å². The zero-order valence-electron chi connectivity index (χ0n) is 41.2. The maximum atomic E-state index is 12.8. The largest absolute Gasteiger partial charge is 0.545 e. The average molecular weight is 886 g/mol. The Bertz CT molecular complexity index is 1220. The number of allylic oxidation sites excluding steroid dienone is 10. The molecule has 0 bridgehead atoms. The number of ether oxygens (including phenoxy) is 4. The van der Waals surface area contributed by atoms with Crippen LogP contribution in [0.15, 0.2) is 60.8 Å². The topological polar surface area (TPSA) is 111 Å². The van der Waals surface area contributed by atoms with Gasteiger partial charge in [-0.3, -0.25) is 9.59 Å². The Kier molecular flexibility index (Phi) is 43.4. The van der Waals surface area contributed by atoms with Crippen molar-refractivity contribution in [3.8, 4) is 0 Å². The summed E-state index contributed by atoms with van der Waals surface area (Å²) in [6, 6.07) is 0. The van der Waals surface area contributed by atoms with Crippen molar-refractivity contribution < 1.29 is 42.9 Å². The summed E-state index contributed by atoms with van der Waals surface area (Å²) >= 11 is 0. The molecule has 2 unspecified atom stereocenters. The van der Waals surface area contributed by atoms with Crippen molar-refractivity contribution in [2.75, 3.05) is 47.5 Å². The molecule has 0 aromatic heterocycles. The third kappa shape index (κ3) is 46.8. The quantitative estimate of drug-likeness (QED) is 0.0195. The lowest BCUT2D eigenvalue weighted by atomic mass is 10.1. The normalized spacial score (nSPS) is 13.3. The van der Waals surface area contributed by atoms with E-state index in [1.165, 1.54) is 89.9 Å². The summed E-state index contributed by atoms with van der Waals surface area (Å²) in [4.78, 5) is 37.1. The summed E-state index contributed by atoms with van der Waals surface area (Å²) < 4.78 is 22.6. The number of hydrogen-bond acceptors (Lipinski definition) is 8. The molecule has 0 saturated carbocycles. The summed E-state index contributed by atoms with van der Waals surface area (Å²) in [5.74, 6) is -2.31. The van der Waals surface area contributed by atoms with E-state index in [1.807, 2.05) is 21.1 Å². The van der Waals surface area contributed by atoms with Crippen LogP contribution in [0.5, 0.6) is 0 Å². The highest BCUT2D eigenvalue weighted by Gasteiger charge is 2.21. The van der Waals surface area contributed by atoms with Gasteiger partial charge in [-0.1, -0.05) is 171 Å². The Labute approximate surface area is 386 Å². The standard InChI is InChI=1S/C54H95NO8/c1-6-8-10-12-14-16-18-20-22-23-24-25-26-27-28-29-31-33-35-37-39-41-43-45-52(57)63-50(49-62-54(53(58)59)60-47-46-55(3,4)5)48-61-51(56)44-42-40-38-36-34-32-30-21-19-17-15-13-11-9-7-2/h15,17-18,20-21,23-24,26-27,30,50,54H,6-14,16,19,22,25,28-29,31-49H2,1-5H3/b17-15-,20-18-,24-23-,27-26-,30-21-. The number of likely N-dealkylation sites (N-methyl/N-ethyl adjacent to an activating group) is 1. The van der Waals surface area contributed by atoms with Gasteiger partial charge >= 0.3 is 11.9 Å². The number of quaternary nitrogens is 1. The van der Waals surface area contributed by atoms with Gasteiger partial charge in [-0.2, -0.15) is 0 Å². The van der Waals surface area contributed by atoms with Gasteiger partial charge in [-0.05, 0) is 83.5 Å². The number of unbranched alkanes of at least 4 members (excludes halogenated alkanes) is 21. The predicted molar refractivity (Wildman–Crippen MR) is 260 cm³/mol. The van der Waals surface area contributed by atoms with Crippen LogP contribution in [0, 0.1) is 0 Å². The number of carboxylic acid groups (broad SMARTS) is 1. The van der Waals surface area contributed by atoms with Crippen molar-refractivity contribution in [2.45, 2.75) is 219 Å². The lowest BCUT2D eigenvalue weighted by Crippen LogP contribution is -2.44. The second-order valence-corrected chi connectivity index (χ2v) is 18.1. The number of carbonyl (C=O) groups excluding carboxylic acids is 3. The molecule has 0 N–H and O–H groups in total. The second kappa shape index (κ2) is 45.6. The van der Waals surface area contributed by atoms with Gasteiger partial charge in [0.2, 0.25) is 0 Å². The Morgan fingerprint density at radius 2 is 0.857 bits per heavy atom. The minimum Gasteiger partial charge on any atom is -0.545 e. The summed E-state index contributed by atoms with van der Waals surface area (Å²) in [7, 11) is 5.90. The van der Waals surface area contributed by atoms with Crippen LogP contribution in [0.1, 0.15) is 206 Å². The van der Waals surface area contributed by atoms with Crippen LogP contribution in [-0.2, 0) is 33.3 Å². The van der Waals surface area contributed by atoms with Gasteiger partial charge in [0.15, 0.2) is 12.4 Å². The van der Waals surface area contributed by atoms with Gasteiger partial charge in [0, 0.05) is 12.8 Å². The minimum absolute atomic E-state index is 0.141. The Balaban J connectivity index is 4.38. The van der Waals surface area contributed by atoms with Gasteiger partial charge in [-0.25, -0.2) is 0 Å². The molecular formula is C54H95NO8. The van der Waals surface area contributed by atoms with E-state index in [9.17, 15) is 19.5 Å². The number of aliphatic carboxylic acids is 1. The SMILES string of the molecule is CCCCC/C=C\C/C=C\CCCCCCCC(=O)OCC(COC(OCC[N+](C)(C)C)C(=O)[O-])OC(=O)CCCCCCCCCC/C=C\C/C=C\C/C=C\CCCCCCC. The van der Waals surface area contributed by atoms with Crippen LogP contribution in [-0.4, -0.2) is 82.3 Å². The van der Waals surface area contributed by atoms with Gasteiger partial charge in [-0.15, -0.1) is 0 Å². The molecule has 0 saturated heterocycles. The molecule has 9 nitrogen and oxygen atoms in total. The average Bonchev–Trinajstić information content (AvgIpc) is 3.24.